The fourth-order valence-corrected chi connectivity index (χ4v) is 2.82. The molecular formula is C22H44O4. The Bertz CT molecular complexity index is 303. The first-order chi connectivity index (χ1) is 12.5. The van der Waals surface area contributed by atoms with Gasteiger partial charge in [-0.05, 0) is 12.8 Å². The van der Waals surface area contributed by atoms with E-state index < -0.39 is 11.9 Å². The van der Waals surface area contributed by atoms with Crippen LogP contribution in [0.5, 0.6) is 0 Å². The van der Waals surface area contributed by atoms with Gasteiger partial charge in [-0.1, -0.05) is 104 Å². The molecule has 0 aromatic carbocycles. The van der Waals surface area contributed by atoms with Crippen molar-refractivity contribution in [3.05, 3.63) is 0 Å². The number of unbranched alkanes of at least 4 members (excludes halogenated alkanes) is 14. The molecule has 4 heteroatoms. The van der Waals surface area contributed by atoms with Gasteiger partial charge in [0.05, 0.1) is 0 Å². The molecule has 4 nitrogen and oxygen atoms in total. The molecule has 0 aliphatic rings. The molecule has 0 amide bonds. The largest absolute Gasteiger partial charge is 0.481 e. The molecule has 0 atom stereocenters. The Hall–Kier alpha value is -1.06. The number of carboxylic acid groups (broad SMARTS) is 2. The molecule has 0 fully saturated rings. The standard InChI is InChI=1S/C14H28O2.C8H16O2/c1-2-3-4-5-6-7-8-9-10-11-12-13-14(15)16;1-2-3-4-5-6-7-8(9)10/h2-13H2,1H3,(H,15,16);2-7H2,1H3,(H,9,10). The van der Waals surface area contributed by atoms with Crippen molar-refractivity contribution in [2.45, 2.75) is 129 Å². The van der Waals surface area contributed by atoms with Gasteiger partial charge < -0.3 is 10.2 Å². The highest BCUT2D eigenvalue weighted by molar-refractivity contribution is 5.66. The molecule has 0 saturated carbocycles. The molecule has 156 valence electrons. The summed E-state index contributed by atoms with van der Waals surface area (Å²) in [5, 5.41) is 16.7. The van der Waals surface area contributed by atoms with Gasteiger partial charge in [0.2, 0.25) is 0 Å². The molecular weight excluding hydrogens is 328 g/mol. The van der Waals surface area contributed by atoms with Crippen LogP contribution in [0.1, 0.15) is 129 Å². The van der Waals surface area contributed by atoms with E-state index in [1.165, 1.54) is 77.0 Å². The van der Waals surface area contributed by atoms with Crippen LogP contribution in [-0.4, -0.2) is 22.2 Å². The second-order valence-corrected chi connectivity index (χ2v) is 7.24. The Balaban J connectivity index is 0. The minimum Gasteiger partial charge on any atom is -0.481 e. The van der Waals surface area contributed by atoms with E-state index in [0.717, 1.165) is 25.7 Å². The summed E-state index contributed by atoms with van der Waals surface area (Å²) < 4.78 is 0. The first-order valence-corrected chi connectivity index (χ1v) is 11.0. The third kappa shape index (κ3) is 30.8. The Morgan fingerprint density at radius 3 is 0.923 bits per heavy atom. The summed E-state index contributed by atoms with van der Waals surface area (Å²) in [6.45, 7) is 4.40. The van der Waals surface area contributed by atoms with Gasteiger partial charge in [-0.15, -0.1) is 0 Å². The second-order valence-electron chi connectivity index (χ2n) is 7.24. The highest BCUT2D eigenvalue weighted by atomic mass is 16.4. The predicted octanol–water partition coefficient (Wildman–Crippen LogP) is 7.20. The van der Waals surface area contributed by atoms with Crippen molar-refractivity contribution in [1.82, 2.24) is 0 Å². The number of hydrogen-bond donors (Lipinski definition) is 2. The monoisotopic (exact) mass is 372 g/mol. The zero-order valence-electron chi connectivity index (χ0n) is 17.4. The molecule has 0 rings (SSSR count). The highest BCUT2D eigenvalue weighted by Gasteiger charge is 1.97. The molecule has 0 saturated heterocycles. The van der Waals surface area contributed by atoms with Crippen molar-refractivity contribution in [2.75, 3.05) is 0 Å². The lowest BCUT2D eigenvalue weighted by Gasteiger charge is -2.01. The van der Waals surface area contributed by atoms with Crippen molar-refractivity contribution in [1.29, 1.82) is 0 Å². The van der Waals surface area contributed by atoms with Gasteiger partial charge in [-0.3, -0.25) is 9.59 Å². The Morgan fingerprint density at radius 2 is 0.692 bits per heavy atom. The van der Waals surface area contributed by atoms with Crippen molar-refractivity contribution in [3.8, 4) is 0 Å². The zero-order chi connectivity index (χ0) is 19.9. The van der Waals surface area contributed by atoms with Crippen molar-refractivity contribution in [3.63, 3.8) is 0 Å². The first-order valence-electron chi connectivity index (χ1n) is 11.0. The minimum absolute atomic E-state index is 0.337. The number of carboxylic acids is 2. The highest BCUT2D eigenvalue weighted by Crippen LogP contribution is 2.11. The Morgan fingerprint density at radius 1 is 0.462 bits per heavy atom. The number of hydrogen-bond acceptors (Lipinski definition) is 2. The summed E-state index contributed by atoms with van der Waals surface area (Å²) in [6, 6.07) is 0. The molecule has 0 radical (unpaired) electrons. The van der Waals surface area contributed by atoms with E-state index >= 15 is 0 Å². The summed E-state index contributed by atoms with van der Waals surface area (Å²) in [7, 11) is 0. The van der Waals surface area contributed by atoms with E-state index in [4.69, 9.17) is 10.2 Å². The van der Waals surface area contributed by atoms with Crippen LogP contribution in [0, 0.1) is 0 Å². The number of aliphatic carboxylic acids is 2. The van der Waals surface area contributed by atoms with E-state index in [0.29, 0.717) is 12.8 Å². The Labute approximate surface area is 161 Å². The average Bonchev–Trinajstić information content (AvgIpc) is 2.59. The van der Waals surface area contributed by atoms with Crippen LogP contribution in [0.4, 0.5) is 0 Å². The molecule has 0 aromatic heterocycles. The van der Waals surface area contributed by atoms with E-state index in [2.05, 4.69) is 13.8 Å². The van der Waals surface area contributed by atoms with Gasteiger partial charge in [0.15, 0.2) is 0 Å². The van der Waals surface area contributed by atoms with Gasteiger partial charge in [-0.25, -0.2) is 0 Å². The minimum atomic E-state index is -0.670. The van der Waals surface area contributed by atoms with Crippen LogP contribution >= 0.6 is 0 Å². The number of carbonyl (C=O) groups is 2. The number of rotatable bonds is 18. The SMILES string of the molecule is CCCCCCCC(=O)O.CCCCCCCCCCCCCC(=O)O. The molecule has 0 aromatic rings. The lowest BCUT2D eigenvalue weighted by atomic mass is 10.1. The molecule has 0 bridgehead atoms. The fourth-order valence-electron chi connectivity index (χ4n) is 2.82. The first kappa shape index (κ1) is 27.2. The average molecular weight is 373 g/mol. The summed E-state index contributed by atoms with van der Waals surface area (Å²) in [6.07, 6.45) is 20.2. The summed E-state index contributed by atoms with van der Waals surface area (Å²) in [5.41, 5.74) is 0. The maximum Gasteiger partial charge on any atom is 0.303 e. The zero-order valence-corrected chi connectivity index (χ0v) is 17.4. The molecule has 0 aliphatic carbocycles. The Kier molecular flexibility index (Phi) is 25.0. The summed E-state index contributed by atoms with van der Waals surface area (Å²) in [5.74, 6) is -1.33. The van der Waals surface area contributed by atoms with Gasteiger partial charge in [0.1, 0.15) is 0 Å². The smallest absolute Gasteiger partial charge is 0.303 e. The summed E-state index contributed by atoms with van der Waals surface area (Å²) >= 11 is 0. The lowest BCUT2D eigenvalue weighted by molar-refractivity contribution is -0.138. The van der Waals surface area contributed by atoms with Gasteiger partial charge >= 0.3 is 11.9 Å². The van der Waals surface area contributed by atoms with E-state index in [1.54, 1.807) is 0 Å². The third-order valence-electron chi connectivity index (χ3n) is 4.49. The van der Waals surface area contributed by atoms with Crippen molar-refractivity contribution in [2.24, 2.45) is 0 Å². The molecule has 26 heavy (non-hydrogen) atoms. The van der Waals surface area contributed by atoms with Crippen molar-refractivity contribution >= 4 is 11.9 Å². The lowest BCUT2D eigenvalue weighted by Crippen LogP contribution is -1.93. The van der Waals surface area contributed by atoms with Crippen LogP contribution in [-0.2, 0) is 9.59 Å². The van der Waals surface area contributed by atoms with Crippen LogP contribution in [0.3, 0.4) is 0 Å². The maximum atomic E-state index is 10.3. The van der Waals surface area contributed by atoms with Crippen molar-refractivity contribution < 1.29 is 19.8 Å². The van der Waals surface area contributed by atoms with E-state index in [-0.39, 0.29) is 0 Å². The maximum absolute atomic E-state index is 10.3. The van der Waals surface area contributed by atoms with E-state index in [1.807, 2.05) is 0 Å². The molecule has 2 N–H and O–H groups in total. The van der Waals surface area contributed by atoms with Crippen LogP contribution in [0.25, 0.3) is 0 Å². The van der Waals surface area contributed by atoms with Crippen LogP contribution in [0.15, 0.2) is 0 Å². The topological polar surface area (TPSA) is 74.6 Å². The summed E-state index contributed by atoms with van der Waals surface area (Å²) in [4.78, 5) is 20.3. The molecule has 0 heterocycles. The molecule has 0 unspecified atom stereocenters. The van der Waals surface area contributed by atoms with Crippen LogP contribution < -0.4 is 0 Å². The van der Waals surface area contributed by atoms with Gasteiger partial charge in [0, 0.05) is 12.8 Å². The predicted molar refractivity (Wildman–Crippen MR) is 110 cm³/mol. The molecule has 0 spiro atoms. The quantitative estimate of drug-likeness (QED) is 0.249. The van der Waals surface area contributed by atoms with Gasteiger partial charge in [0.25, 0.3) is 0 Å². The third-order valence-corrected chi connectivity index (χ3v) is 4.49. The fraction of sp³-hybridized carbons (Fsp3) is 0.909. The van der Waals surface area contributed by atoms with E-state index in [9.17, 15) is 9.59 Å². The normalized spacial score (nSPS) is 10.2. The van der Waals surface area contributed by atoms with Gasteiger partial charge in [-0.2, -0.15) is 0 Å². The second kappa shape index (κ2) is 23.9. The van der Waals surface area contributed by atoms with Crippen LogP contribution in [0.2, 0.25) is 0 Å². The molecule has 0 aliphatic heterocycles.